The Kier molecular flexibility index (Phi) is 6.78. The van der Waals surface area contributed by atoms with Crippen molar-refractivity contribution in [1.82, 2.24) is 9.55 Å². The van der Waals surface area contributed by atoms with Gasteiger partial charge in [-0.05, 0) is 89.0 Å². The van der Waals surface area contributed by atoms with Crippen LogP contribution in [0.5, 0.6) is 0 Å². The van der Waals surface area contributed by atoms with Crippen LogP contribution in [0.3, 0.4) is 0 Å². The van der Waals surface area contributed by atoms with Gasteiger partial charge in [0, 0.05) is 56.6 Å². The first-order valence-corrected chi connectivity index (χ1v) is 17.2. The second-order valence-electron chi connectivity index (χ2n) is 12.9. The van der Waals surface area contributed by atoms with E-state index in [0.29, 0.717) is 0 Å². The summed E-state index contributed by atoms with van der Waals surface area (Å²) in [5.41, 5.74) is 13.0. The topological polar surface area (TPSA) is 34.2 Å². The van der Waals surface area contributed by atoms with Gasteiger partial charge in [0.1, 0.15) is 11.2 Å². The van der Waals surface area contributed by atoms with E-state index in [2.05, 4.69) is 178 Å². The maximum Gasteiger partial charge on any atom is 0.137 e. The highest BCUT2D eigenvalue weighted by Gasteiger charge is 2.17. The zero-order chi connectivity index (χ0) is 33.7. The number of anilines is 3. The second kappa shape index (κ2) is 11.9. The molecule has 0 aliphatic heterocycles. The van der Waals surface area contributed by atoms with Crippen molar-refractivity contribution in [3.63, 3.8) is 0 Å². The lowest BCUT2D eigenvalue weighted by Crippen LogP contribution is -2.09. The molecule has 0 saturated carbocycles. The first-order chi connectivity index (χ1) is 25.3. The van der Waals surface area contributed by atoms with Crippen LogP contribution in [-0.4, -0.2) is 9.55 Å². The molecule has 10 rings (SSSR count). The molecule has 0 spiro atoms. The van der Waals surface area contributed by atoms with Crippen molar-refractivity contribution < 1.29 is 4.42 Å². The minimum Gasteiger partial charge on any atom is -0.456 e. The number of nitrogens with zero attached hydrogens (tertiary/aromatic N) is 3. The summed E-state index contributed by atoms with van der Waals surface area (Å²) in [5, 5.41) is 4.67. The van der Waals surface area contributed by atoms with Gasteiger partial charge in [0.25, 0.3) is 0 Å². The number of hydrogen-bond donors (Lipinski definition) is 0. The molecule has 4 nitrogen and oxygen atoms in total. The Morgan fingerprint density at radius 2 is 1.02 bits per heavy atom. The van der Waals surface area contributed by atoms with Crippen LogP contribution < -0.4 is 4.90 Å². The van der Waals surface area contributed by atoms with Crippen molar-refractivity contribution in [2.75, 3.05) is 4.90 Å². The van der Waals surface area contributed by atoms with Crippen molar-refractivity contribution in [3.8, 4) is 27.9 Å². The first kappa shape index (κ1) is 29.0. The number of hydrogen-bond acceptors (Lipinski definition) is 3. The molecule has 0 N–H and O–H groups in total. The van der Waals surface area contributed by atoms with Crippen LogP contribution in [0, 0.1) is 0 Å². The zero-order valence-electron chi connectivity index (χ0n) is 27.6. The number of furan rings is 1. The van der Waals surface area contributed by atoms with Gasteiger partial charge in [-0.15, -0.1) is 0 Å². The molecule has 0 aliphatic rings. The third-order valence-corrected chi connectivity index (χ3v) is 9.89. The molecule has 0 saturated heterocycles. The Morgan fingerprint density at radius 3 is 1.82 bits per heavy atom. The minimum atomic E-state index is 0.869. The normalized spacial score (nSPS) is 11.5. The Morgan fingerprint density at radius 1 is 0.412 bits per heavy atom. The van der Waals surface area contributed by atoms with Crippen LogP contribution in [0.25, 0.3) is 71.7 Å². The highest BCUT2D eigenvalue weighted by molar-refractivity contribution is 6.09. The Labute approximate surface area is 295 Å². The molecule has 51 heavy (non-hydrogen) atoms. The van der Waals surface area contributed by atoms with E-state index in [1.165, 1.54) is 27.4 Å². The molecule has 10 aromatic rings. The molecular formula is C47H31N3O. The number of aromatic nitrogens is 2. The number of fused-ring (bicyclic) bond motifs is 6. The first-order valence-electron chi connectivity index (χ1n) is 17.2. The third-order valence-electron chi connectivity index (χ3n) is 9.89. The number of rotatable bonds is 6. The molecule has 0 amide bonds. The maximum absolute atomic E-state index is 6.33. The number of para-hydroxylation sites is 2. The van der Waals surface area contributed by atoms with Gasteiger partial charge in [0.05, 0.1) is 17.2 Å². The van der Waals surface area contributed by atoms with Gasteiger partial charge in [0.2, 0.25) is 0 Å². The fraction of sp³-hybridized carbons (Fsp3) is 0. The van der Waals surface area contributed by atoms with Gasteiger partial charge >= 0.3 is 0 Å². The summed E-state index contributed by atoms with van der Waals surface area (Å²) in [6.07, 6.45) is 3.83. The molecule has 3 aromatic heterocycles. The molecule has 0 atom stereocenters. The summed E-state index contributed by atoms with van der Waals surface area (Å²) in [4.78, 5) is 6.77. The molecule has 3 heterocycles. The Hall–Kier alpha value is -6.91. The van der Waals surface area contributed by atoms with E-state index in [9.17, 15) is 0 Å². The fourth-order valence-electron chi connectivity index (χ4n) is 7.46. The molecule has 0 aliphatic carbocycles. The lowest BCUT2D eigenvalue weighted by molar-refractivity contribution is 0.669. The molecule has 0 radical (unpaired) electrons. The molecule has 7 aromatic carbocycles. The van der Waals surface area contributed by atoms with E-state index in [1.807, 2.05) is 24.5 Å². The predicted molar refractivity (Wildman–Crippen MR) is 211 cm³/mol. The van der Waals surface area contributed by atoms with Crippen LogP contribution in [0.15, 0.2) is 193 Å². The molecular weight excluding hydrogens is 623 g/mol. The largest absolute Gasteiger partial charge is 0.456 e. The zero-order valence-corrected chi connectivity index (χ0v) is 27.6. The van der Waals surface area contributed by atoms with Crippen LogP contribution in [0.2, 0.25) is 0 Å². The summed E-state index contributed by atoms with van der Waals surface area (Å²) in [6.45, 7) is 0. The van der Waals surface area contributed by atoms with E-state index in [4.69, 9.17) is 4.42 Å². The summed E-state index contributed by atoms with van der Waals surface area (Å²) in [7, 11) is 0. The highest BCUT2D eigenvalue weighted by Crippen LogP contribution is 2.40. The lowest BCUT2D eigenvalue weighted by Gasteiger charge is -2.26. The van der Waals surface area contributed by atoms with E-state index < -0.39 is 0 Å². The van der Waals surface area contributed by atoms with Crippen molar-refractivity contribution in [2.45, 2.75) is 0 Å². The van der Waals surface area contributed by atoms with Crippen molar-refractivity contribution in [3.05, 3.63) is 188 Å². The second-order valence-corrected chi connectivity index (χ2v) is 12.9. The van der Waals surface area contributed by atoms with Crippen molar-refractivity contribution in [1.29, 1.82) is 0 Å². The van der Waals surface area contributed by atoms with Gasteiger partial charge in [-0.25, -0.2) is 0 Å². The lowest BCUT2D eigenvalue weighted by atomic mass is 10.0. The number of benzene rings is 7. The maximum atomic E-state index is 6.33. The molecule has 240 valence electrons. The summed E-state index contributed by atoms with van der Waals surface area (Å²) in [5.74, 6) is 0. The standard InChI is InChI=1S/C47H31N3O/c1-2-9-32(10-3-1)33-17-21-36(22-18-33)49(39-25-26-43-42-14-5-7-16-46(42)51-47(43)30-39)37-23-19-34(20-24-37)35-11-8-12-38(29-35)50-44-15-6-4-13-40(44)41-27-28-48-31-45(41)50/h1-31H. The van der Waals surface area contributed by atoms with Gasteiger partial charge in [0.15, 0.2) is 0 Å². The minimum absolute atomic E-state index is 0.869. The van der Waals surface area contributed by atoms with Crippen LogP contribution >= 0.6 is 0 Å². The summed E-state index contributed by atoms with van der Waals surface area (Å²) in [6, 6.07) is 62.3. The van der Waals surface area contributed by atoms with Gasteiger partial charge in [-0.2, -0.15) is 0 Å². The van der Waals surface area contributed by atoms with E-state index in [-0.39, 0.29) is 0 Å². The van der Waals surface area contributed by atoms with Crippen LogP contribution in [-0.2, 0) is 0 Å². The fourth-order valence-corrected chi connectivity index (χ4v) is 7.46. The quantitative estimate of drug-likeness (QED) is 0.179. The average molecular weight is 654 g/mol. The van der Waals surface area contributed by atoms with Gasteiger partial charge in [-0.3, -0.25) is 4.98 Å². The van der Waals surface area contributed by atoms with E-state index in [0.717, 1.165) is 61.3 Å². The molecule has 0 fully saturated rings. The summed E-state index contributed by atoms with van der Waals surface area (Å²) < 4.78 is 8.64. The third kappa shape index (κ3) is 4.96. The Balaban J connectivity index is 1.06. The molecule has 0 unspecified atom stereocenters. The molecule has 0 bridgehead atoms. The van der Waals surface area contributed by atoms with Gasteiger partial charge < -0.3 is 13.9 Å². The highest BCUT2D eigenvalue weighted by atomic mass is 16.3. The predicted octanol–water partition coefficient (Wildman–Crippen LogP) is 12.9. The van der Waals surface area contributed by atoms with Gasteiger partial charge in [-0.1, -0.05) is 103 Å². The van der Waals surface area contributed by atoms with Crippen LogP contribution in [0.1, 0.15) is 0 Å². The van der Waals surface area contributed by atoms with Crippen molar-refractivity contribution >= 4 is 60.8 Å². The van der Waals surface area contributed by atoms with E-state index >= 15 is 0 Å². The summed E-state index contributed by atoms with van der Waals surface area (Å²) >= 11 is 0. The smallest absolute Gasteiger partial charge is 0.137 e. The SMILES string of the molecule is c1ccc(-c2ccc(N(c3ccc(-c4cccc(-n5c6ccccc6c6ccncc65)c4)cc3)c3ccc4c(c3)oc3ccccc34)cc2)cc1. The monoisotopic (exact) mass is 653 g/mol. The molecule has 4 heteroatoms. The van der Waals surface area contributed by atoms with Crippen molar-refractivity contribution in [2.24, 2.45) is 0 Å². The Bertz CT molecular complexity index is 2800. The van der Waals surface area contributed by atoms with E-state index in [1.54, 1.807) is 0 Å². The van der Waals surface area contributed by atoms with Crippen LogP contribution in [0.4, 0.5) is 17.1 Å². The average Bonchev–Trinajstić information content (AvgIpc) is 3.74. The number of pyridine rings is 1.